The molecule has 2 N–H and O–H groups in total. The molecule has 3 rings (SSSR count). The Bertz CT molecular complexity index is 1060. The van der Waals surface area contributed by atoms with E-state index in [9.17, 15) is 9.59 Å². The number of benzene rings is 1. The number of aromatic nitrogens is 2. The second kappa shape index (κ2) is 8.88. The van der Waals surface area contributed by atoms with Crippen LogP contribution in [0.3, 0.4) is 0 Å². The number of ether oxygens (including phenoxy) is 2. The fraction of sp³-hybridized carbons (Fsp3) is 0.417. The van der Waals surface area contributed by atoms with Crippen LogP contribution in [0.4, 0.5) is 5.82 Å². The summed E-state index contributed by atoms with van der Waals surface area (Å²) in [5.74, 6) is -0.404. The molecular formula is C24H31N3O4. The molecule has 0 radical (unpaired) electrons. The maximum absolute atomic E-state index is 12.9. The van der Waals surface area contributed by atoms with Gasteiger partial charge < -0.3 is 24.3 Å². The zero-order valence-electron chi connectivity index (χ0n) is 19.1. The molecule has 3 aromatic rings. The molecule has 166 valence electrons. The van der Waals surface area contributed by atoms with Gasteiger partial charge in [0, 0.05) is 23.8 Å². The van der Waals surface area contributed by atoms with E-state index in [0.29, 0.717) is 35.6 Å². The van der Waals surface area contributed by atoms with E-state index in [1.54, 1.807) is 6.92 Å². The quantitative estimate of drug-likeness (QED) is 0.530. The number of nitrogens with one attached hydrogen (secondary N) is 2. The predicted octanol–water partition coefficient (Wildman–Crippen LogP) is 4.83. The van der Waals surface area contributed by atoms with E-state index < -0.39 is 17.5 Å². The third kappa shape index (κ3) is 4.93. The Morgan fingerprint density at radius 3 is 2.39 bits per heavy atom. The Morgan fingerprint density at radius 1 is 1.06 bits per heavy atom. The monoisotopic (exact) mass is 425 g/mol. The van der Waals surface area contributed by atoms with Crippen LogP contribution < -0.4 is 4.90 Å². The number of fused-ring (bicyclic) bond motifs is 1. The molecule has 0 spiro atoms. The normalized spacial score (nSPS) is 11.5. The van der Waals surface area contributed by atoms with Gasteiger partial charge in [-0.25, -0.2) is 9.59 Å². The summed E-state index contributed by atoms with van der Waals surface area (Å²) in [6, 6.07) is 10.1. The smallest absolute Gasteiger partial charge is 0.355 e. The van der Waals surface area contributed by atoms with Gasteiger partial charge in [0.2, 0.25) is 0 Å². The molecule has 0 unspecified atom stereocenters. The van der Waals surface area contributed by atoms with Gasteiger partial charge in [-0.15, -0.1) is 0 Å². The van der Waals surface area contributed by atoms with Gasteiger partial charge in [-0.2, -0.15) is 0 Å². The number of nitrogens with zero attached hydrogens (tertiary/aromatic N) is 1. The highest BCUT2D eigenvalue weighted by Gasteiger charge is 2.30. The van der Waals surface area contributed by atoms with Gasteiger partial charge in [-0.05, 0) is 51.6 Å². The van der Waals surface area contributed by atoms with Gasteiger partial charge in [0.25, 0.3) is 0 Å². The third-order valence-corrected chi connectivity index (χ3v) is 4.89. The Balaban J connectivity index is 2.01. The molecule has 0 aliphatic carbocycles. The van der Waals surface area contributed by atoms with Crippen LogP contribution in [0.2, 0.25) is 0 Å². The van der Waals surface area contributed by atoms with Crippen molar-refractivity contribution in [2.75, 3.05) is 18.6 Å². The number of aromatic amines is 2. The van der Waals surface area contributed by atoms with Crippen LogP contribution in [0.1, 0.15) is 66.7 Å². The number of hydrogen-bond donors (Lipinski definition) is 2. The summed E-state index contributed by atoms with van der Waals surface area (Å²) in [4.78, 5) is 34.1. The van der Waals surface area contributed by atoms with Gasteiger partial charge in [0.1, 0.15) is 22.7 Å². The minimum absolute atomic E-state index is 0.250. The van der Waals surface area contributed by atoms with Crippen molar-refractivity contribution >= 4 is 28.7 Å². The average molecular weight is 426 g/mol. The van der Waals surface area contributed by atoms with Gasteiger partial charge in [0.05, 0.1) is 13.2 Å². The first kappa shape index (κ1) is 22.5. The van der Waals surface area contributed by atoms with Crippen LogP contribution in [-0.2, 0) is 22.4 Å². The first-order chi connectivity index (χ1) is 14.6. The SMILES string of the molecule is CCOC(=O)c1c(N(C)Cc2cc3ccccc3[nH]2)[nH]c(C(=O)OC(C)(C)C)c1CC. The van der Waals surface area contributed by atoms with E-state index in [-0.39, 0.29) is 6.61 Å². The number of para-hydroxylation sites is 1. The number of hydrogen-bond acceptors (Lipinski definition) is 5. The summed E-state index contributed by atoms with van der Waals surface area (Å²) in [5.41, 5.74) is 2.67. The number of carbonyl (C=O) groups is 2. The number of anilines is 1. The molecular weight excluding hydrogens is 394 g/mol. The lowest BCUT2D eigenvalue weighted by atomic mass is 10.1. The van der Waals surface area contributed by atoms with Crippen molar-refractivity contribution in [3.8, 4) is 0 Å². The first-order valence-corrected chi connectivity index (χ1v) is 10.6. The van der Waals surface area contributed by atoms with Crippen LogP contribution in [0.15, 0.2) is 30.3 Å². The molecule has 2 aromatic heterocycles. The van der Waals surface area contributed by atoms with Crippen molar-refractivity contribution in [1.82, 2.24) is 9.97 Å². The van der Waals surface area contributed by atoms with Crippen molar-refractivity contribution in [3.05, 3.63) is 52.8 Å². The van der Waals surface area contributed by atoms with Crippen LogP contribution in [0.25, 0.3) is 10.9 Å². The Hall–Kier alpha value is -3.22. The maximum atomic E-state index is 12.9. The molecule has 7 nitrogen and oxygen atoms in total. The minimum Gasteiger partial charge on any atom is -0.462 e. The van der Waals surface area contributed by atoms with E-state index in [0.717, 1.165) is 16.6 Å². The van der Waals surface area contributed by atoms with Crippen molar-refractivity contribution in [3.63, 3.8) is 0 Å². The summed E-state index contributed by atoms with van der Waals surface area (Å²) in [5, 5.41) is 1.12. The van der Waals surface area contributed by atoms with E-state index in [1.807, 2.05) is 63.9 Å². The van der Waals surface area contributed by atoms with E-state index >= 15 is 0 Å². The van der Waals surface area contributed by atoms with Crippen molar-refractivity contribution in [2.24, 2.45) is 0 Å². The lowest BCUT2D eigenvalue weighted by molar-refractivity contribution is 0.00624. The molecule has 0 fully saturated rings. The average Bonchev–Trinajstić information content (AvgIpc) is 3.27. The summed E-state index contributed by atoms with van der Waals surface area (Å²) in [6.07, 6.45) is 0.486. The van der Waals surface area contributed by atoms with Crippen molar-refractivity contribution < 1.29 is 19.1 Å². The fourth-order valence-corrected chi connectivity index (χ4v) is 3.64. The van der Waals surface area contributed by atoms with Crippen LogP contribution in [-0.4, -0.2) is 41.2 Å². The molecule has 0 amide bonds. The molecule has 31 heavy (non-hydrogen) atoms. The molecule has 0 saturated heterocycles. The summed E-state index contributed by atoms with van der Waals surface area (Å²) in [7, 11) is 1.87. The van der Waals surface area contributed by atoms with Crippen LogP contribution >= 0.6 is 0 Å². The molecule has 0 atom stereocenters. The molecule has 0 aliphatic heterocycles. The second-order valence-corrected chi connectivity index (χ2v) is 8.52. The lowest BCUT2D eigenvalue weighted by Gasteiger charge is -2.19. The van der Waals surface area contributed by atoms with Gasteiger partial charge in [0.15, 0.2) is 0 Å². The second-order valence-electron chi connectivity index (χ2n) is 8.52. The molecule has 7 heteroatoms. The molecule has 1 aromatic carbocycles. The number of esters is 2. The first-order valence-electron chi connectivity index (χ1n) is 10.6. The van der Waals surface area contributed by atoms with Crippen molar-refractivity contribution in [2.45, 2.75) is 53.2 Å². The Morgan fingerprint density at radius 2 is 1.77 bits per heavy atom. The lowest BCUT2D eigenvalue weighted by Crippen LogP contribution is -2.25. The summed E-state index contributed by atoms with van der Waals surface area (Å²) < 4.78 is 10.9. The standard InChI is InChI=1S/C24H31N3O4/c1-7-17-19(22(28)30-8-2)21(26-20(17)23(29)31-24(3,4)5)27(6)14-16-13-15-11-9-10-12-18(15)25-16/h9-13,25-26H,7-8,14H2,1-6H3. The Labute approximate surface area is 182 Å². The highest BCUT2D eigenvalue weighted by molar-refractivity contribution is 6.02. The molecule has 0 aliphatic rings. The van der Waals surface area contributed by atoms with Crippen LogP contribution in [0.5, 0.6) is 0 Å². The molecule has 2 heterocycles. The highest BCUT2D eigenvalue weighted by Crippen LogP contribution is 2.30. The fourth-order valence-electron chi connectivity index (χ4n) is 3.64. The zero-order chi connectivity index (χ0) is 22.8. The Kier molecular flexibility index (Phi) is 6.43. The largest absolute Gasteiger partial charge is 0.462 e. The van der Waals surface area contributed by atoms with Gasteiger partial charge >= 0.3 is 11.9 Å². The topological polar surface area (TPSA) is 87.4 Å². The van der Waals surface area contributed by atoms with Crippen LogP contribution in [0, 0.1) is 0 Å². The number of carbonyl (C=O) groups excluding carboxylic acids is 2. The zero-order valence-corrected chi connectivity index (χ0v) is 19.1. The summed E-state index contributed by atoms with van der Waals surface area (Å²) >= 11 is 0. The minimum atomic E-state index is -0.645. The van der Waals surface area contributed by atoms with E-state index in [4.69, 9.17) is 9.47 Å². The molecule has 0 bridgehead atoms. The van der Waals surface area contributed by atoms with Gasteiger partial charge in [-0.3, -0.25) is 0 Å². The maximum Gasteiger partial charge on any atom is 0.355 e. The third-order valence-electron chi connectivity index (χ3n) is 4.89. The predicted molar refractivity (Wildman–Crippen MR) is 122 cm³/mol. The van der Waals surface area contributed by atoms with Crippen molar-refractivity contribution in [1.29, 1.82) is 0 Å². The summed E-state index contributed by atoms with van der Waals surface area (Å²) in [6.45, 7) is 9.87. The van der Waals surface area contributed by atoms with E-state index in [1.165, 1.54) is 0 Å². The van der Waals surface area contributed by atoms with Gasteiger partial charge in [-0.1, -0.05) is 25.1 Å². The molecule has 0 saturated carbocycles. The number of H-pyrrole nitrogens is 2. The van der Waals surface area contributed by atoms with E-state index in [2.05, 4.69) is 16.0 Å². The highest BCUT2D eigenvalue weighted by atomic mass is 16.6. The number of rotatable bonds is 7.